The van der Waals surface area contributed by atoms with Crippen molar-refractivity contribution in [3.05, 3.63) is 95.6 Å². The topological polar surface area (TPSA) is 63.2 Å². The van der Waals surface area contributed by atoms with E-state index in [2.05, 4.69) is 34.1 Å². The summed E-state index contributed by atoms with van der Waals surface area (Å²) in [5.41, 5.74) is 1.63. The Bertz CT molecular complexity index is 1890. The third-order valence-electron chi connectivity index (χ3n) is 8.03. The first kappa shape index (κ1) is 31.3. The van der Waals surface area contributed by atoms with Gasteiger partial charge in [0, 0.05) is 65.9 Å². The summed E-state index contributed by atoms with van der Waals surface area (Å²) in [6.45, 7) is 7.54. The quantitative estimate of drug-likeness (QED) is 0.172. The molecule has 4 heterocycles. The molecule has 1 atom stereocenters. The van der Waals surface area contributed by atoms with Crippen molar-refractivity contribution in [2.24, 2.45) is 5.92 Å². The van der Waals surface area contributed by atoms with Crippen LogP contribution in [0, 0.1) is 30.3 Å². The van der Waals surface area contributed by atoms with Crippen LogP contribution in [-0.2, 0) is 4.74 Å². The fourth-order valence-corrected chi connectivity index (χ4v) is 5.87. The number of morpholine rings is 1. The highest BCUT2D eigenvalue weighted by atomic mass is 19.3. The highest BCUT2D eigenvalue weighted by Gasteiger charge is 2.25. The minimum atomic E-state index is -2.83. The average molecular weight is 634 g/mol. The fourth-order valence-electron chi connectivity index (χ4n) is 5.87. The molecular formula is C35H32F5N5O. The van der Waals surface area contributed by atoms with Gasteiger partial charge in [-0.2, -0.15) is 0 Å². The summed E-state index contributed by atoms with van der Waals surface area (Å²) in [6, 6.07) is 11.9. The molecule has 0 aliphatic carbocycles. The normalized spacial score (nSPS) is 15.3. The van der Waals surface area contributed by atoms with E-state index in [0.29, 0.717) is 48.4 Å². The van der Waals surface area contributed by atoms with E-state index in [4.69, 9.17) is 4.74 Å². The molecule has 46 heavy (non-hydrogen) atoms. The van der Waals surface area contributed by atoms with Gasteiger partial charge in [0.15, 0.2) is 0 Å². The van der Waals surface area contributed by atoms with Gasteiger partial charge in [0.2, 0.25) is 0 Å². The van der Waals surface area contributed by atoms with Crippen molar-refractivity contribution in [2.75, 3.05) is 29.9 Å². The van der Waals surface area contributed by atoms with Crippen molar-refractivity contribution in [1.82, 2.24) is 15.0 Å². The van der Waals surface area contributed by atoms with Gasteiger partial charge in [-0.3, -0.25) is 4.98 Å². The number of halogens is 5. The van der Waals surface area contributed by atoms with Gasteiger partial charge in [0.1, 0.15) is 23.3 Å². The van der Waals surface area contributed by atoms with Crippen LogP contribution in [0.4, 0.5) is 39.1 Å². The molecule has 5 aromatic rings. The lowest BCUT2D eigenvalue weighted by atomic mass is 10.00. The van der Waals surface area contributed by atoms with Crippen molar-refractivity contribution in [1.29, 1.82) is 0 Å². The number of hydrogen-bond donors (Lipinski definition) is 1. The fraction of sp³-hybridized carbons (Fsp3) is 0.286. The Balaban J connectivity index is 1.55. The van der Waals surface area contributed by atoms with Crippen LogP contribution in [0.5, 0.6) is 0 Å². The predicted molar refractivity (Wildman–Crippen MR) is 169 cm³/mol. The minimum absolute atomic E-state index is 0.00747. The third-order valence-corrected chi connectivity index (χ3v) is 8.03. The number of aromatic nitrogens is 3. The molecule has 6 rings (SSSR count). The average Bonchev–Trinajstić information content (AvgIpc) is 3.02. The predicted octanol–water partition coefficient (Wildman–Crippen LogP) is 9.02. The van der Waals surface area contributed by atoms with Crippen LogP contribution < -0.4 is 10.2 Å². The van der Waals surface area contributed by atoms with E-state index in [1.807, 2.05) is 4.90 Å². The second kappa shape index (κ2) is 13.0. The molecule has 1 aliphatic rings. The second-order valence-electron chi connectivity index (χ2n) is 11.8. The first-order valence-electron chi connectivity index (χ1n) is 15.0. The van der Waals surface area contributed by atoms with E-state index in [0.717, 1.165) is 36.8 Å². The smallest absolute Gasteiger partial charge is 0.263 e. The summed E-state index contributed by atoms with van der Waals surface area (Å²) in [7, 11) is 0. The molecule has 1 N–H and O–H groups in total. The number of anilines is 3. The molecule has 0 bridgehead atoms. The molecule has 1 fully saturated rings. The lowest BCUT2D eigenvalue weighted by Gasteiger charge is -2.35. The van der Waals surface area contributed by atoms with Crippen molar-refractivity contribution in [2.45, 2.75) is 39.7 Å². The van der Waals surface area contributed by atoms with Crippen LogP contribution in [0.1, 0.15) is 37.8 Å². The summed E-state index contributed by atoms with van der Waals surface area (Å²) in [6.07, 6.45) is 1.00. The van der Waals surface area contributed by atoms with E-state index in [-0.39, 0.29) is 45.1 Å². The molecule has 3 aromatic heterocycles. The van der Waals surface area contributed by atoms with Crippen LogP contribution in [0.25, 0.3) is 33.4 Å². The number of alkyl halides is 2. The van der Waals surface area contributed by atoms with E-state index >= 15 is 8.78 Å². The molecule has 0 radical (unpaired) electrons. The van der Waals surface area contributed by atoms with E-state index in [1.165, 1.54) is 6.20 Å². The van der Waals surface area contributed by atoms with Crippen molar-refractivity contribution in [3.8, 4) is 22.5 Å². The highest BCUT2D eigenvalue weighted by Crippen LogP contribution is 2.41. The van der Waals surface area contributed by atoms with Gasteiger partial charge < -0.3 is 15.0 Å². The first-order chi connectivity index (χ1) is 22.1. The Morgan fingerprint density at radius 3 is 2.54 bits per heavy atom. The van der Waals surface area contributed by atoms with Crippen molar-refractivity contribution >= 4 is 28.1 Å². The Kier molecular flexibility index (Phi) is 8.86. The number of pyridine rings is 3. The number of rotatable bonds is 8. The summed E-state index contributed by atoms with van der Waals surface area (Å²) >= 11 is 0. The van der Waals surface area contributed by atoms with Crippen molar-refractivity contribution < 1.29 is 26.7 Å². The molecule has 238 valence electrons. The maximum Gasteiger partial charge on any atom is 0.263 e. The Morgan fingerprint density at radius 2 is 1.80 bits per heavy atom. The Hall–Kier alpha value is -4.64. The molecule has 0 saturated carbocycles. The van der Waals surface area contributed by atoms with Gasteiger partial charge in [-0.15, -0.1) is 0 Å². The number of ether oxygens (including phenoxy) is 1. The summed E-state index contributed by atoms with van der Waals surface area (Å²) in [5.74, 6) is -1.43. The van der Waals surface area contributed by atoms with Gasteiger partial charge in [-0.25, -0.2) is 31.9 Å². The number of nitrogens with zero attached hydrogens (tertiary/aromatic N) is 4. The lowest BCUT2D eigenvalue weighted by molar-refractivity contribution is 0.0273. The van der Waals surface area contributed by atoms with Crippen molar-refractivity contribution in [3.63, 3.8) is 0 Å². The van der Waals surface area contributed by atoms with Gasteiger partial charge in [0.25, 0.3) is 6.43 Å². The molecule has 0 amide bonds. The number of benzene rings is 2. The van der Waals surface area contributed by atoms with Crippen LogP contribution in [0.15, 0.2) is 67.0 Å². The van der Waals surface area contributed by atoms with E-state index < -0.39 is 23.9 Å². The molecular weight excluding hydrogens is 601 g/mol. The Morgan fingerprint density at radius 1 is 0.978 bits per heavy atom. The zero-order valence-corrected chi connectivity index (χ0v) is 25.5. The largest absolute Gasteiger partial charge is 0.375 e. The van der Waals surface area contributed by atoms with E-state index in [1.54, 1.807) is 37.4 Å². The molecule has 1 unspecified atom stereocenters. The number of hydrogen-bond acceptors (Lipinski definition) is 6. The maximum atomic E-state index is 15.6. The monoisotopic (exact) mass is 633 g/mol. The van der Waals surface area contributed by atoms with Gasteiger partial charge in [-0.1, -0.05) is 26.0 Å². The zero-order chi connectivity index (χ0) is 32.5. The third kappa shape index (κ3) is 6.37. The molecule has 2 aromatic carbocycles. The van der Waals surface area contributed by atoms with Crippen LogP contribution >= 0.6 is 0 Å². The van der Waals surface area contributed by atoms with Crippen LogP contribution in [0.2, 0.25) is 0 Å². The Labute approximate surface area is 263 Å². The van der Waals surface area contributed by atoms with Crippen LogP contribution in [0.3, 0.4) is 0 Å². The molecule has 0 spiro atoms. The molecule has 1 saturated heterocycles. The standard InChI is InChI=1S/C35H32F5N5O/c1-19(2)12-23-18-45(10-11-46-23)31-16-29(25(17-42-31)24-13-21(35(39)40)7-8-26(24)37)43-34-20(3)33(28-6-4-5-9-41-28)44-30-15-22(36)14-27(38)32(30)34/h4-9,13-17,19,23,35H,10-12,18H2,1-3H3,(H,42,43,44). The highest BCUT2D eigenvalue weighted by molar-refractivity contribution is 5.99. The SMILES string of the molecule is Cc1c(-c2ccccn2)nc2cc(F)cc(F)c2c1Nc1cc(N2CCOC(CC(C)C)C2)ncc1-c1cc(C(F)F)ccc1F. The second-order valence-corrected chi connectivity index (χ2v) is 11.8. The lowest BCUT2D eigenvalue weighted by Crippen LogP contribution is -2.43. The molecule has 11 heteroatoms. The first-order valence-corrected chi connectivity index (χ1v) is 15.0. The minimum Gasteiger partial charge on any atom is -0.375 e. The molecule has 1 aliphatic heterocycles. The molecule has 6 nitrogen and oxygen atoms in total. The number of nitrogens with one attached hydrogen (secondary N) is 1. The van der Waals surface area contributed by atoms with Gasteiger partial charge in [0.05, 0.1) is 46.4 Å². The van der Waals surface area contributed by atoms with E-state index in [9.17, 15) is 13.2 Å². The maximum absolute atomic E-state index is 15.6. The van der Waals surface area contributed by atoms with Gasteiger partial charge in [-0.05, 0) is 43.5 Å². The number of fused-ring (bicyclic) bond motifs is 1. The summed E-state index contributed by atoms with van der Waals surface area (Å²) < 4.78 is 78.8. The van der Waals surface area contributed by atoms with Gasteiger partial charge >= 0.3 is 0 Å². The zero-order valence-electron chi connectivity index (χ0n) is 25.5. The summed E-state index contributed by atoms with van der Waals surface area (Å²) in [5, 5.41) is 3.28. The summed E-state index contributed by atoms with van der Waals surface area (Å²) in [4.78, 5) is 15.6. The van der Waals surface area contributed by atoms with Crippen LogP contribution in [-0.4, -0.2) is 40.8 Å².